The molecule has 140 valence electrons. The monoisotopic (exact) mass is 369 g/mol. The van der Waals surface area contributed by atoms with Gasteiger partial charge in [0.2, 0.25) is 5.91 Å². The predicted molar refractivity (Wildman–Crippen MR) is 99.9 cm³/mol. The van der Waals surface area contributed by atoms with E-state index in [2.05, 4.69) is 15.6 Å². The number of carbonyl (C=O) groups excluding carboxylic acids is 2. The second kappa shape index (κ2) is 7.57. The SMILES string of the molecule is Cc1nc2cc(NC(=O)[C@@H](NC(=O)c3ccccc3F)C(C)C)ccc2o1. The van der Waals surface area contributed by atoms with E-state index in [-0.39, 0.29) is 11.5 Å². The van der Waals surface area contributed by atoms with Crippen LogP contribution in [-0.2, 0) is 4.79 Å². The highest BCUT2D eigenvalue weighted by Crippen LogP contribution is 2.20. The standard InChI is InChI=1S/C20H20FN3O3/c1-11(2)18(24-19(25)14-6-4-5-7-15(14)21)20(26)23-13-8-9-17-16(10-13)22-12(3)27-17/h4-11,18H,1-3H3,(H,23,26)(H,24,25)/t18-/m0/s1. The minimum Gasteiger partial charge on any atom is -0.441 e. The summed E-state index contributed by atoms with van der Waals surface area (Å²) in [4.78, 5) is 29.3. The van der Waals surface area contributed by atoms with Crippen LogP contribution in [0.5, 0.6) is 0 Å². The molecule has 7 heteroatoms. The Balaban J connectivity index is 1.76. The molecule has 0 unspecified atom stereocenters. The third kappa shape index (κ3) is 4.13. The van der Waals surface area contributed by atoms with Crippen molar-refractivity contribution in [2.45, 2.75) is 26.8 Å². The number of halogens is 1. The molecule has 1 heterocycles. The highest BCUT2D eigenvalue weighted by atomic mass is 19.1. The summed E-state index contributed by atoms with van der Waals surface area (Å²) in [5.41, 5.74) is 1.68. The number of aryl methyl sites for hydroxylation is 1. The van der Waals surface area contributed by atoms with Crippen molar-refractivity contribution in [2.24, 2.45) is 5.92 Å². The fourth-order valence-corrected chi connectivity index (χ4v) is 2.74. The molecule has 0 aliphatic rings. The first-order valence-electron chi connectivity index (χ1n) is 8.58. The molecule has 0 saturated heterocycles. The van der Waals surface area contributed by atoms with Gasteiger partial charge in [-0.15, -0.1) is 0 Å². The van der Waals surface area contributed by atoms with E-state index in [0.717, 1.165) is 0 Å². The lowest BCUT2D eigenvalue weighted by Crippen LogP contribution is -2.47. The van der Waals surface area contributed by atoms with Crippen molar-refractivity contribution in [3.8, 4) is 0 Å². The van der Waals surface area contributed by atoms with Gasteiger partial charge in [0, 0.05) is 12.6 Å². The van der Waals surface area contributed by atoms with Gasteiger partial charge in [-0.1, -0.05) is 26.0 Å². The third-order valence-corrected chi connectivity index (χ3v) is 4.12. The van der Waals surface area contributed by atoms with E-state index in [1.165, 1.54) is 18.2 Å². The molecule has 0 spiro atoms. The Hall–Kier alpha value is -3.22. The van der Waals surface area contributed by atoms with E-state index >= 15 is 0 Å². The summed E-state index contributed by atoms with van der Waals surface area (Å²) in [6, 6.07) is 9.92. The van der Waals surface area contributed by atoms with Crippen molar-refractivity contribution < 1.29 is 18.4 Å². The zero-order valence-corrected chi connectivity index (χ0v) is 15.2. The van der Waals surface area contributed by atoms with Crippen LogP contribution in [0.25, 0.3) is 11.1 Å². The number of amides is 2. The van der Waals surface area contributed by atoms with Gasteiger partial charge in [-0.2, -0.15) is 0 Å². The first-order valence-corrected chi connectivity index (χ1v) is 8.58. The molecule has 0 aliphatic carbocycles. The van der Waals surface area contributed by atoms with Gasteiger partial charge in [0.15, 0.2) is 11.5 Å². The number of anilines is 1. The summed E-state index contributed by atoms with van der Waals surface area (Å²) in [7, 11) is 0. The largest absolute Gasteiger partial charge is 0.441 e. The number of nitrogens with zero attached hydrogens (tertiary/aromatic N) is 1. The van der Waals surface area contributed by atoms with E-state index in [1.54, 1.807) is 45.0 Å². The molecule has 3 rings (SSSR count). The number of hydrogen-bond acceptors (Lipinski definition) is 4. The van der Waals surface area contributed by atoms with E-state index in [0.29, 0.717) is 22.7 Å². The second-order valence-corrected chi connectivity index (χ2v) is 6.58. The number of benzene rings is 2. The summed E-state index contributed by atoms with van der Waals surface area (Å²) in [5, 5.41) is 5.38. The quantitative estimate of drug-likeness (QED) is 0.719. The van der Waals surface area contributed by atoms with Crippen LogP contribution < -0.4 is 10.6 Å². The number of carbonyl (C=O) groups is 2. The normalized spacial score (nSPS) is 12.2. The lowest BCUT2D eigenvalue weighted by molar-refractivity contribution is -0.118. The van der Waals surface area contributed by atoms with E-state index in [1.807, 2.05) is 0 Å². The Morgan fingerprint density at radius 2 is 1.89 bits per heavy atom. The van der Waals surface area contributed by atoms with Crippen LogP contribution in [-0.4, -0.2) is 22.8 Å². The Bertz CT molecular complexity index is 997. The molecule has 0 saturated carbocycles. The van der Waals surface area contributed by atoms with E-state index in [4.69, 9.17) is 4.42 Å². The maximum absolute atomic E-state index is 13.8. The topological polar surface area (TPSA) is 84.2 Å². The molecule has 0 fully saturated rings. The Kier molecular flexibility index (Phi) is 5.21. The van der Waals surface area contributed by atoms with Gasteiger partial charge < -0.3 is 15.1 Å². The van der Waals surface area contributed by atoms with Gasteiger partial charge in [-0.05, 0) is 36.2 Å². The summed E-state index contributed by atoms with van der Waals surface area (Å²) < 4.78 is 19.2. The molecule has 2 N–H and O–H groups in total. The first-order chi connectivity index (χ1) is 12.8. The second-order valence-electron chi connectivity index (χ2n) is 6.58. The molecule has 0 aliphatic heterocycles. The lowest BCUT2D eigenvalue weighted by Gasteiger charge is -2.22. The smallest absolute Gasteiger partial charge is 0.254 e. The van der Waals surface area contributed by atoms with Crippen molar-refractivity contribution in [2.75, 3.05) is 5.32 Å². The predicted octanol–water partition coefficient (Wildman–Crippen LogP) is 3.67. The van der Waals surface area contributed by atoms with Gasteiger partial charge in [0.25, 0.3) is 5.91 Å². The highest BCUT2D eigenvalue weighted by Gasteiger charge is 2.26. The molecular formula is C20H20FN3O3. The Morgan fingerprint density at radius 3 is 2.59 bits per heavy atom. The Morgan fingerprint density at radius 1 is 1.15 bits per heavy atom. The van der Waals surface area contributed by atoms with Crippen LogP contribution in [0.1, 0.15) is 30.1 Å². The number of rotatable bonds is 5. The zero-order chi connectivity index (χ0) is 19.6. The van der Waals surface area contributed by atoms with Crippen molar-refractivity contribution >= 4 is 28.6 Å². The molecule has 27 heavy (non-hydrogen) atoms. The number of aromatic nitrogens is 1. The molecule has 0 radical (unpaired) electrons. The number of oxazole rings is 1. The van der Waals surface area contributed by atoms with Crippen LogP contribution >= 0.6 is 0 Å². The van der Waals surface area contributed by atoms with Crippen molar-refractivity contribution in [3.63, 3.8) is 0 Å². The van der Waals surface area contributed by atoms with Crippen LogP contribution in [0.2, 0.25) is 0 Å². The third-order valence-electron chi connectivity index (χ3n) is 4.12. The van der Waals surface area contributed by atoms with Crippen LogP contribution in [0.3, 0.4) is 0 Å². The van der Waals surface area contributed by atoms with E-state index < -0.39 is 23.7 Å². The highest BCUT2D eigenvalue weighted by molar-refractivity contribution is 6.01. The molecular weight excluding hydrogens is 349 g/mol. The molecule has 1 atom stereocenters. The molecule has 2 amide bonds. The minimum atomic E-state index is -0.827. The van der Waals surface area contributed by atoms with Crippen molar-refractivity contribution in [1.29, 1.82) is 0 Å². The van der Waals surface area contributed by atoms with Gasteiger partial charge in [-0.25, -0.2) is 9.37 Å². The maximum Gasteiger partial charge on any atom is 0.254 e. The van der Waals surface area contributed by atoms with Crippen LogP contribution in [0.4, 0.5) is 10.1 Å². The van der Waals surface area contributed by atoms with E-state index in [9.17, 15) is 14.0 Å². The van der Waals surface area contributed by atoms with Gasteiger partial charge >= 0.3 is 0 Å². The minimum absolute atomic E-state index is 0.101. The van der Waals surface area contributed by atoms with Crippen LogP contribution in [0, 0.1) is 18.7 Å². The first kappa shape index (κ1) is 18.6. The molecule has 6 nitrogen and oxygen atoms in total. The average molecular weight is 369 g/mol. The van der Waals surface area contributed by atoms with Gasteiger partial charge in [0.05, 0.1) is 5.56 Å². The average Bonchev–Trinajstić information content (AvgIpc) is 2.98. The molecule has 1 aromatic heterocycles. The number of hydrogen-bond donors (Lipinski definition) is 2. The molecule has 3 aromatic rings. The fourth-order valence-electron chi connectivity index (χ4n) is 2.74. The van der Waals surface area contributed by atoms with Gasteiger partial charge in [0.1, 0.15) is 17.4 Å². The fraction of sp³-hybridized carbons (Fsp3) is 0.250. The summed E-state index contributed by atoms with van der Waals surface area (Å²) in [6.07, 6.45) is 0. The van der Waals surface area contributed by atoms with Crippen molar-refractivity contribution in [3.05, 3.63) is 59.7 Å². The Labute approximate surface area is 155 Å². The lowest BCUT2D eigenvalue weighted by atomic mass is 10.0. The number of nitrogens with one attached hydrogen (secondary N) is 2. The molecule has 0 bridgehead atoms. The summed E-state index contributed by atoms with van der Waals surface area (Å²) in [6.45, 7) is 5.34. The van der Waals surface area contributed by atoms with Crippen molar-refractivity contribution in [1.82, 2.24) is 10.3 Å². The molecule has 2 aromatic carbocycles. The van der Waals surface area contributed by atoms with Crippen LogP contribution in [0.15, 0.2) is 46.9 Å². The number of fused-ring (bicyclic) bond motifs is 1. The maximum atomic E-state index is 13.8. The zero-order valence-electron chi connectivity index (χ0n) is 15.2. The summed E-state index contributed by atoms with van der Waals surface area (Å²) >= 11 is 0. The van der Waals surface area contributed by atoms with Gasteiger partial charge in [-0.3, -0.25) is 9.59 Å². The summed E-state index contributed by atoms with van der Waals surface area (Å²) in [5.74, 6) is -1.33.